The number of carbonyl (C=O) groups excluding carboxylic acids is 1. The van der Waals surface area contributed by atoms with Crippen molar-refractivity contribution in [2.45, 2.75) is 62.3 Å². The Balaban J connectivity index is 1.46. The van der Waals surface area contributed by atoms with Crippen LogP contribution < -0.4 is 9.62 Å². The van der Waals surface area contributed by atoms with Crippen LogP contribution in [0.5, 0.6) is 0 Å². The Morgan fingerprint density at radius 2 is 1.87 bits per heavy atom. The van der Waals surface area contributed by atoms with Crippen LogP contribution in [-0.4, -0.2) is 20.9 Å². The Morgan fingerprint density at radius 1 is 1.10 bits per heavy atom. The van der Waals surface area contributed by atoms with Crippen molar-refractivity contribution in [1.82, 2.24) is 4.72 Å². The lowest BCUT2D eigenvalue weighted by molar-refractivity contribution is -0.119. The minimum absolute atomic E-state index is 0.142. The van der Waals surface area contributed by atoms with Crippen LogP contribution in [0.3, 0.4) is 0 Å². The first-order valence-electron chi connectivity index (χ1n) is 10.8. The summed E-state index contributed by atoms with van der Waals surface area (Å²) in [6.07, 6.45) is 4.69. The summed E-state index contributed by atoms with van der Waals surface area (Å²) in [5, 5.41) is 0. The third-order valence-corrected chi connectivity index (χ3v) is 8.18. The minimum atomic E-state index is -3.67. The summed E-state index contributed by atoms with van der Waals surface area (Å²) in [5.74, 6) is 0.317. The molecule has 2 aromatic rings. The highest BCUT2D eigenvalue weighted by atomic mass is 32.2. The Bertz CT molecular complexity index is 1120. The van der Waals surface area contributed by atoms with Gasteiger partial charge in [0.2, 0.25) is 15.9 Å². The highest BCUT2D eigenvalue weighted by Crippen LogP contribution is 2.44. The quantitative estimate of drug-likeness (QED) is 0.804. The fourth-order valence-corrected chi connectivity index (χ4v) is 6.18. The predicted octanol–water partition coefficient (Wildman–Crippen LogP) is 4.08. The van der Waals surface area contributed by atoms with Gasteiger partial charge in [0.1, 0.15) is 0 Å². The first kappa shape index (κ1) is 19.8. The summed E-state index contributed by atoms with van der Waals surface area (Å²) < 4.78 is 29.5. The van der Waals surface area contributed by atoms with E-state index in [1.807, 2.05) is 29.2 Å². The largest absolute Gasteiger partial charge is 0.311 e. The van der Waals surface area contributed by atoms with Gasteiger partial charge in [-0.1, -0.05) is 38.1 Å². The molecule has 3 aliphatic rings. The number of carbonyl (C=O) groups is 1. The van der Waals surface area contributed by atoms with Crippen molar-refractivity contribution in [2.75, 3.05) is 11.4 Å². The summed E-state index contributed by atoms with van der Waals surface area (Å²) in [5.41, 5.74) is 3.82. The van der Waals surface area contributed by atoms with Gasteiger partial charge in [-0.3, -0.25) is 4.79 Å². The molecule has 2 aromatic carbocycles. The van der Waals surface area contributed by atoms with Crippen LogP contribution in [0.15, 0.2) is 47.4 Å². The van der Waals surface area contributed by atoms with Gasteiger partial charge in [-0.2, -0.15) is 0 Å². The summed E-state index contributed by atoms with van der Waals surface area (Å²) in [4.78, 5) is 14.8. The van der Waals surface area contributed by atoms with Gasteiger partial charge in [-0.05, 0) is 67.0 Å². The lowest BCUT2D eigenvalue weighted by Crippen LogP contribution is -2.34. The van der Waals surface area contributed by atoms with E-state index in [1.54, 1.807) is 12.1 Å². The van der Waals surface area contributed by atoms with Crippen LogP contribution in [0.2, 0.25) is 0 Å². The molecule has 0 radical (unpaired) electrons. The zero-order valence-electron chi connectivity index (χ0n) is 17.5. The molecule has 1 aliphatic heterocycles. The van der Waals surface area contributed by atoms with Crippen LogP contribution in [0.25, 0.3) is 0 Å². The number of nitrogens with one attached hydrogen (secondary N) is 1. The molecule has 1 fully saturated rings. The van der Waals surface area contributed by atoms with Gasteiger partial charge in [0.05, 0.1) is 4.90 Å². The highest BCUT2D eigenvalue weighted by Gasteiger charge is 2.43. The maximum atomic E-state index is 13.3. The molecule has 0 spiro atoms. The average molecular weight is 425 g/mol. The fourth-order valence-electron chi connectivity index (χ4n) is 4.90. The molecule has 1 amide bonds. The predicted molar refractivity (Wildman–Crippen MR) is 117 cm³/mol. The first-order chi connectivity index (χ1) is 14.3. The second-order valence-electron chi connectivity index (χ2n) is 9.53. The van der Waals surface area contributed by atoms with Gasteiger partial charge in [0.15, 0.2) is 0 Å². The normalized spacial score (nSPS) is 22.5. The number of benzene rings is 2. The van der Waals surface area contributed by atoms with Crippen molar-refractivity contribution in [3.8, 4) is 0 Å². The molecular formula is C24H28N2O3S. The number of aryl methyl sites for hydroxylation is 1. The summed E-state index contributed by atoms with van der Waals surface area (Å²) >= 11 is 0. The van der Waals surface area contributed by atoms with Crippen LogP contribution >= 0.6 is 0 Å². The van der Waals surface area contributed by atoms with Gasteiger partial charge in [0, 0.05) is 29.6 Å². The molecule has 1 atom stereocenters. The molecule has 158 valence electrons. The van der Waals surface area contributed by atoms with Gasteiger partial charge < -0.3 is 4.90 Å². The zero-order chi connectivity index (χ0) is 21.1. The van der Waals surface area contributed by atoms with Crippen LogP contribution in [-0.2, 0) is 26.7 Å². The zero-order valence-corrected chi connectivity index (χ0v) is 18.3. The standard InChI is InChI=1S/C24H28N2O3S/c1-24(2)15-26(23(27)17-10-11-17)22-13-12-18(14-20(22)24)30(28,29)25-21-9-5-7-16-6-3-4-8-19(16)21/h3-4,6,8,12-14,17,21,25H,5,7,9-11,15H2,1-2H3/t21-/m1/s1. The van der Waals surface area contributed by atoms with E-state index in [1.165, 1.54) is 5.56 Å². The first-order valence-corrected chi connectivity index (χ1v) is 12.3. The van der Waals surface area contributed by atoms with E-state index in [0.29, 0.717) is 6.54 Å². The number of fused-ring (bicyclic) bond motifs is 2. The van der Waals surface area contributed by atoms with Crippen molar-refractivity contribution in [2.24, 2.45) is 5.92 Å². The van der Waals surface area contributed by atoms with Crippen molar-refractivity contribution in [1.29, 1.82) is 0 Å². The van der Waals surface area contributed by atoms with E-state index < -0.39 is 10.0 Å². The summed E-state index contributed by atoms with van der Waals surface area (Å²) in [7, 11) is -3.67. The third-order valence-electron chi connectivity index (χ3n) is 6.71. The van der Waals surface area contributed by atoms with Crippen LogP contribution in [0.4, 0.5) is 5.69 Å². The lowest BCUT2D eigenvalue weighted by Gasteiger charge is -2.26. The van der Waals surface area contributed by atoms with E-state index in [0.717, 1.165) is 48.9 Å². The minimum Gasteiger partial charge on any atom is -0.311 e. The maximum Gasteiger partial charge on any atom is 0.241 e. The summed E-state index contributed by atoms with van der Waals surface area (Å²) in [6.45, 7) is 4.75. The Hall–Kier alpha value is -2.18. The highest BCUT2D eigenvalue weighted by molar-refractivity contribution is 7.89. The van der Waals surface area contributed by atoms with E-state index >= 15 is 0 Å². The second-order valence-corrected chi connectivity index (χ2v) is 11.2. The smallest absolute Gasteiger partial charge is 0.241 e. The Morgan fingerprint density at radius 3 is 2.63 bits per heavy atom. The van der Waals surface area contributed by atoms with E-state index in [-0.39, 0.29) is 28.2 Å². The molecule has 5 rings (SSSR count). The third kappa shape index (κ3) is 3.36. The number of hydrogen-bond acceptors (Lipinski definition) is 3. The number of nitrogens with zero attached hydrogens (tertiary/aromatic N) is 1. The SMILES string of the molecule is CC1(C)CN(C(=O)C2CC2)c2ccc(S(=O)(=O)N[C@@H]3CCCc4ccccc43)cc21. The average Bonchev–Trinajstić information content (AvgIpc) is 3.53. The molecule has 0 aromatic heterocycles. The van der Waals surface area contributed by atoms with Crippen molar-refractivity contribution in [3.63, 3.8) is 0 Å². The number of amides is 1. The number of anilines is 1. The van der Waals surface area contributed by atoms with E-state index in [2.05, 4.69) is 24.6 Å². The van der Waals surface area contributed by atoms with Gasteiger partial charge >= 0.3 is 0 Å². The van der Waals surface area contributed by atoms with E-state index in [9.17, 15) is 13.2 Å². The monoisotopic (exact) mass is 424 g/mol. The molecule has 1 N–H and O–H groups in total. The van der Waals surface area contributed by atoms with Crippen molar-refractivity contribution >= 4 is 21.6 Å². The Kier molecular flexibility index (Phi) is 4.56. The molecule has 0 saturated heterocycles. The van der Waals surface area contributed by atoms with Crippen molar-refractivity contribution < 1.29 is 13.2 Å². The molecular weight excluding hydrogens is 396 g/mol. The van der Waals surface area contributed by atoms with E-state index in [4.69, 9.17) is 0 Å². The van der Waals surface area contributed by atoms with Crippen LogP contribution in [0, 0.1) is 5.92 Å². The van der Waals surface area contributed by atoms with Gasteiger partial charge in [0.25, 0.3) is 0 Å². The number of hydrogen-bond donors (Lipinski definition) is 1. The van der Waals surface area contributed by atoms with Gasteiger partial charge in [-0.25, -0.2) is 13.1 Å². The second kappa shape index (κ2) is 6.92. The fraction of sp³-hybridized carbons (Fsp3) is 0.458. The molecule has 0 unspecified atom stereocenters. The lowest BCUT2D eigenvalue weighted by atomic mass is 9.87. The van der Waals surface area contributed by atoms with Crippen molar-refractivity contribution in [3.05, 3.63) is 59.2 Å². The maximum absolute atomic E-state index is 13.3. The van der Waals surface area contributed by atoms with Crippen LogP contribution in [0.1, 0.15) is 62.3 Å². The molecule has 2 aliphatic carbocycles. The molecule has 1 heterocycles. The topological polar surface area (TPSA) is 66.5 Å². The van der Waals surface area contributed by atoms with Gasteiger partial charge in [-0.15, -0.1) is 0 Å². The molecule has 1 saturated carbocycles. The number of rotatable bonds is 4. The molecule has 5 nitrogen and oxygen atoms in total. The Labute approximate surface area is 178 Å². The number of sulfonamides is 1. The molecule has 6 heteroatoms. The summed E-state index contributed by atoms with van der Waals surface area (Å²) in [6, 6.07) is 13.1. The molecule has 0 bridgehead atoms. The molecule has 30 heavy (non-hydrogen) atoms.